The van der Waals surface area contributed by atoms with Gasteiger partial charge in [-0.05, 0) is 28.8 Å². The van der Waals surface area contributed by atoms with Crippen molar-refractivity contribution >= 4 is 15.9 Å². The van der Waals surface area contributed by atoms with E-state index in [4.69, 9.17) is 0 Å². The Labute approximate surface area is 69.1 Å². The van der Waals surface area contributed by atoms with E-state index >= 15 is 0 Å². The second-order valence-corrected chi connectivity index (χ2v) is 3.87. The van der Waals surface area contributed by atoms with Gasteiger partial charge in [0, 0.05) is 0 Å². The standard InChI is InChI=1S/C7H13BrF2/c1-2-3-4-5-7(8,10)6-9/h2-6H2,1H3. The van der Waals surface area contributed by atoms with E-state index in [0.29, 0.717) is 0 Å². The average Bonchev–Trinajstić information content (AvgIpc) is 1.89. The third kappa shape index (κ3) is 5.15. The van der Waals surface area contributed by atoms with Gasteiger partial charge in [0.2, 0.25) is 0 Å². The van der Waals surface area contributed by atoms with E-state index in [1.165, 1.54) is 0 Å². The smallest absolute Gasteiger partial charge is 0.193 e. The minimum Gasteiger partial charge on any atom is -0.247 e. The zero-order valence-electron chi connectivity index (χ0n) is 6.17. The molecule has 10 heavy (non-hydrogen) atoms. The Morgan fingerprint density at radius 3 is 2.40 bits per heavy atom. The zero-order chi connectivity index (χ0) is 8.04. The molecule has 0 amide bonds. The first-order valence-electron chi connectivity index (χ1n) is 3.56. The van der Waals surface area contributed by atoms with Gasteiger partial charge in [0.1, 0.15) is 6.67 Å². The third-order valence-electron chi connectivity index (χ3n) is 1.34. The van der Waals surface area contributed by atoms with Crippen molar-refractivity contribution < 1.29 is 8.78 Å². The van der Waals surface area contributed by atoms with E-state index in [9.17, 15) is 8.78 Å². The summed E-state index contributed by atoms with van der Waals surface area (Å²) < 4.78 is 22.7. The third-order valence-corrected chi connectivity index (χ3v) is 1.95. The molecule has 3 heteroatoms. The van der Waals surface area contributed by atoms with Crippen LogP contribution in [0.2, 0.25) is 0 Å². The van der Waals surface area contributed by atoms with Crippen LogP contribution >= 0.6 is 15.9 Å². The van der Waals surface area contributed by atoms with Crippen LogP contribution in [0.5, 0.6) is 0 Å². The summed E-state index contributed by atoms with van der Waals surface area (Å²) in [6.45, 7) is 1.10. The molecule has 0 nitrogen and oxygen atoms in total. The molecule has 0 saturated heterocycles. The van der Waals surface area contributed by atoms with Crippen LogP contribution in [0, 0.1) is 0 Å². The largest absolute Gasteiger partial charge is 0.247 e. The molecule has 0 aromatic rings. The summed E-state index contributed by atoms with van der Waals surface area (Å²) in [5, 5.41) is 0. The van der Waals surface area contributed by atoms with Gasteiger partial charge in [0.05, 0.1) is 0 Å². The molecule has 0 aliphatic heterocycles. The molecule has 0 heterocycles. The van der Waals surface area contributed by atoms with Crippen molar-refractivity contribution in [2.75, 3.05) is 6.67 Å². The molecule has 0 saturated carbocycles. The highest BCUT2D eigenvalue weighted by Gasteiger charge is 2.24. The van der Waals surface area contributed by atoms with Crippen LogP contribution in [0.4, 0.5) is 8.78 Å². The Hall–Kier alpha value is 0.340. The van der Waals surface area contributed by atoms with Gasteiger partial charge in [-0.1, -0.05) is 19.8 Å². The molecule has 0 fully saturated rings. The monoisotopic (exact) mass is 214 g/mol. The maximum atomic E-state index is 12.7. The summed E-state index contributed by atoms with van der Waals surface area (Å²) in [5.41, 5.74) is 0. The minimum absolute atomic E-state index is 0.275. The van der Waals surface area contributed by atoms with E-state index in [1.807, 2.05) is 6.92 Å². The fourth-order valence-corrected chi connectivity index (χ4v) is 0.981. The number of halogens is 3. The van der Waals surface area contributed by atoms with Crippen LogP contribution in [0.25, 0.3) is 0 Å². The zero-order valence-corrected chi connectivity index (χ0v) is 7.76. The summed E-state index contributed by atoms with van der Waals surface area (Å²) in [6.07, 6.45) is 3.03. The van der Waals surface area contributed by atoms with Gasteiger partial charge in [-0.15, -0.1) is 0 Å². The highest BCUT2D eigenvalue weighted by molar-refractivity contribution is 9.10. The lowest BCUT2D eigenvalue weighted by Gasteiger charge is -2.12. The molecular weight excluding hydrogens is 202 g/mol. The van der Waals surface area contributed by atoms with Crippen LogP contribution in [0.3, 0.4) is 0 Å². The van der Waals surface area contributed by atoms with E-state index < -0.39 is 11.3 Å². The van der Waals surface area contributed by atoms with Crippen molar-refractivity contribution in [1.82, 2.24) is 0 Å². The highest BCUT2D eigenvalue weighted by atomic mass is 79.9. The van der Waals surface area contributed by atoms with E-state index in [2.05, 4.69) is 15.9 Å². The van der Waals surface area contributed by atoms with Crippen molar-refractivity contribution in [1.29, 1.82) is 0 Å². The number of hydrogen-bond donors (Lipinski definition) is 0. The number of unbranched alkanes of at least 4 members (excludes halogenated alkanes) is 2. The molecule has 0 aliphatic carbocycles. The lowest BCUT2D eigenvalue weighted by molar-refractivity contribution is 0.213. The quantitative estimate of drug-likeness (QED) is 0.485. The Balaban J connectivity index is 3.28. The Morgan fingerprint density at radius 1 is 1.40 bits per heavy atom. The fraction of sp³-hybridized carbons (Fsp3) is 1.00. The van der Waals surface area contributed by atoms with Gasteiger partial charge < -0.3 is 0 Å². The molecular formula is C7H13BrF2. The van der Waals surface area contributed by atoms with E-state index in [-0.39, 0.29) is 6.42 Å². The number of hydrogen-bond acceptors (Lipinski definition) is 0. The topological polar surface area (TPSA) is 0 Å². The Morgan fingerprint density at radius 2 is 2.00 bits per heavy atom. The predicted octanol–water partition coefficient (Wildman–Crippen LogP) is 3.60. The summed E-state index contributed by atoms with van der Waals surface area (Å²) in [6, 6.07) is 0. The van der Waals surface area contributed by atoms with E-state index in [0.717, 1.165) is 19.3 Å². The summed E-state index contributed by atoms with van der Waals surface area (Å²) >= 11 is 2.67. The van der Waals surface area contributed by atoms with Crippen molar-refractivity contribution in [3.63, 3.8) is 0 Å². The van der Waals surface area contributed by atoms with Crippen molar-refractivity contribution in [3.05, 3.63) is 0 Å². The van der Waals surface area contributed by atoms with Crippen LogP contribution < -0.4 is 0 Å². The number of alkyl halides is 3. The van der Waals surface area contributed by atoms with Gasteiger partial charge in [0.25, 0.3) is 0 Å². The van der Waals surface area contributed by atoms with Gasteiger partial charge in [0.15, 0.2) is 4.58 Å². The van der Waals surface area contributed by atoms with Crippen LogP contribution in [-0.4, -0.2) is 11.3 Å². The van der Waals surface area contributed by atoms with Crippen molar-refractivity contribution in [3.8, 4) is 0 Å². The van der Waals surface area contributed by atoms with Crippen LogP contribution in [-0.2, 0) is 0 Å². The van der Waals surface area contributed by atoms with Crippen LogP contribution in [0.1, 0.15) is 32.6 Å². The molecule has 0 spiro atoms. The van der Waals surface area contributed by atoms with E-state index in [1.54, 1.807) is 0 Å². The first-order chi connectivity index (χ1) is 4.62. The minimum atomic E-state index is -1.76. The molecule has 0 aromatic carbocycles. The molecule has 1 atom stereocenters. The van der Waals surface area contributed by atoms with Crippen LogP contribution in [0.15, 0.2) is 0 Å². The van der Waals surface area contributed by atoms with Crippen molar-refractivity contribution in [2.24, 2.45) is 0 Å². The lowest BCUT2D eigenvalue weighted by atomic mass is 10.1. The van der Waals surface area contributed by atoms with Gasteiger partial charge in [-0.3, -0.25) is 0 Å². The normalized spacial score (nSPS) is 16.8. The van der Waals surface area contributed by atoms with Gasteiger partial charge >= 0.3 is 0 Å². The molecule has 1 unspecified atom stereocenters. The predicted molar refractivity (Wildman–Crippen MR) is 42.9 cm³/mol. The second-order valence-electron chi connectivity index (χ2n) is 2.45. The molecule has 0 bridgehead atoms. The molecule has 0 aliphatic rings. The molecule has 62 valence electrons. The molecule has 0 radical (unpaired) electrons. The second kappa shape index (κ2) is 5.05. The molecule has 0 rings (SSSR count). The summed E-state index contributed by atoms with van der Waals surface area (Å²) in [4.78, 5) is 0. The number of rotatable bonds is 5. The summed E-state index contributed by atoms with van der Waals surface area (Å²) in [7, 11) is 0. The van der Waals surface area contributed by atoms with Gasteiger partial charge in [-0.2, -0.15) is 0 Å². The first kappa shape index (κ1) is 10.3. The summed E-state index contributed by atoms with van der Waals surface area (Å²) in [5.74, 6) is 0. The lowest BCUT2D eigenvalue weighted by Crippen LogP contribution is -2.15. The van der Waals surface area contributed by atoms with Crippen molar-refractivity contribution in [2.45, 2.75) is 37.2 Å². The maximum absolute atomic E-state index is 12.7. The fourth-order valence-electron chi connectivity index (χ4n) is 0.700. The average molecular weight is 215 g/mol. The molecule has 0 aromatic heterocycles. The highest BCUT2D eigenvalue weighted by Crippen LogP contribution is 2.27. The van der Waals surface area contributed by atoms with Gasteiger partial charge in [-0.25, -0.2) is 8.78 Å². The first-order valence-corrected chi connectivity index (χ1v) is 4.35. The SMILES string of the molecule is CCCCCC(F)(Br)CF. The Kier molecular flexibility index (Phi) is 5.22. The maximum Gasteiger partial charge on any atom is 0.193 e. The molecule has 0 N–H and O–H groups in total. The Bertz CT molecular complexity index is 83.7.